The molecule has 0 saturated heterocycles. The Labute approximate surface area is 65.9 Å². The molecule has 0 amide bonds. The second-order valence-electron chi connectivity index (χ2n) is 2.14. The topological polar surface area (TPSA) is 50.9 Å². The normalized spacial score (nSPS) is 9.09. The van der Waals surface area contributed by atoms with Crippen LogP contribution < -0.4 is 11.1 Å². The molecule has 3 nitrogen and oxygen atoms in total. The zero-order valence-corrected chi connectivity index (χ0v) is 6.25. The molecule has 0 aliphatic heterocycles. The molecule has 58 valence electrons. The predicted molar refractivity (Wildman–Crippen MR) is 47.3 cm³/mol. The van der Waals surface area contributed by atoms with Gasteiger partial charge in [0.05, 0.1) is 11.9 Å². The predicted octanol–water partition coefficient (Wildman–Crippen LogP) is 1.26. The van der Waals surface area contributed by atoms with E-state index in [2.05, 4.69) is 16.9 Å². The number of pyridine rings is 1. The maximum atomic E-state index is 5.40. The fourth-order valence-electron chi connectivity index (χ4n) is 0.700. The number of nitrogens with zero attached hydrogens (tertiary/aromatic N) is 1. The van der Waals surface area contributed by atoms with Crippen molar-refractivity contribution in [3.63, 3.8) is 0 Å². The molecule has 0 aromatic carbocycles. The minimum absolute atomic E-state index is 0.536. The van der Waals surface area contributed by atoms with E-state index in [1.54, 1.807) is 18.3 Å². The van der Waals surface area contributed by atoms with Crippen LogP contribution in [0.4, 0.5) is 11.5 Å². The number of rotatable bonds is 3. The highest BCUT2D eigenvalue weighted by atomic mass is 14.9. The highest BCUT2D eigenvalue weighted by Crippen LogP contribution is 2.05. The number of hydrogen-bond acceptors (Lipinski definition) is 3. The lowest BCUT2D eigenvalue weighted by Crippen LogP contribution is -1.98. The van der Waals surface area contributed by atoms with Crippen LogP contribution in [0.2, 0.25) is 0 Å². The van der Waals surface area contributed by atoms with E-state index in [0.717, 1.165) is 12.2 Å². The Kier molecular flexibility index (Phi) is 2.49. The molecule has 0 spiro atoms. The molecule has 0 unspecified atom stereocenters. The average molecular weight is 149 g/mol. The molecule has 3 N–H and O–H groups in total. The molecule has 0 radical (unpaired) electrons. The van der Waals surface area contributed by atoms with Gasteiger partial charge in [-0.1, -0.05) is 6.08 Å². The minimum atomic E-state index is 0.536. The van der Waals surface area contributed by atoms with Gasteiger partial charge in [0.1, 0.15) is 5.82 Å². The first kappa shape index (κ1) is 7.60. The number of nitrogens with one attached hydrogen (secondary N) is 1. The molecule has 0 fully saturated rings. The van der Waals surface area contributed by atoms with Crippen molar-refractivity contribution in [3.8, 4) is 0 Å². The fourth-order valence-corrected chi connectivity index (χ4v) is 0.700. The van der Waals surface area contributed by atoms with Gasteiger partial charge in [-0.05, 0) is 12.1 Å². The minimum Gasteiger partial charge on any atom is -0.384 e. The Morgan fingerprint density at radius 1 is 1.64 bits per heavy atom. The van der Waals surface area contributed by atoms with E-state index >= 15 is 0 Å². The Hall–Kier alpha value is -1.51. The summed E-state index contributed by atoms with van der Waals surface area (Å²) in [6, 6.07) is 3.64. The standard InChI is InChI=1S/C8H11N3/c1-2-5-10-7-3-4-8(9)11-6-7/h2-4,6,10H,1,5H2,(H2,9,11). The van der Waals surface area contributed by atoms with Crippen molar-refractivity contribution in [1.82, 2.24) is 4.98 Å². The highest BCUT2D eigenvalue weighted by molar-refractivity contribution is 5.45. The van der Waals surface area contributed by atoms with E-state index in [0.29, 0.717) is 5.82 Å². The molecule has 0 bridgehead atoms. The van der Waals surface area contributed by atoms with Gasteiger partial charge in [0, 0.05) is 6.54 Å². The van der Waals surface area contributed by atoms with Crippen LogP contribution in [0.1, 0.15) is 0 Å². The van der Waals surface area contributed by atoms with Crippen LogP contribution in [-0.2, 0) is 0 Å². The number of aromatic nitrogens is 1. The molecule has 1 aromatic rings. The van der Waals surface area contributed by atoms with Crippen LogP contribution in [0.15, 0.2) is 31.0 Å². The average Bonchev–Trinajstić information content (AvgIpc) is 2.04. The third-order valence-electron chi connectivity index (χ3n) is 1.24. The Morgan fingerprint density at radius 3 is 3.00 bits per heavy atom. The van der Waals surface area contributed by atoms with Gasteiger partial charge in [-0.15, -0.1) is 6.58 Å². The van der Waals surface area contributed by atoms with E-state index in [1.807, 2.05) is 6.07 Å². The summed E-state index contributed by atoms with van der Waals surface area (Å²) >= 11 is 0. The van der Waals surface area contributed by atoms with Crippen LogP contribution in [0.25, 0.3) is 0 Å². The van der Waals surface area contributed by atoms with Gasteiger partial charge in [0.15, 0.2) is 0 Å². The molecular formula is C8H11N3. The van der Waals surface area contributed by atoms with Crippen molar-refractivity contribution in [3.05, 3.63) is 31.0 Å². The molecule has 0 aliphatic rings. The van der Waals surface area contributed by atoms with E-state index in [-0.39, 0.29) is 0 Å². The fraction of sp³-hybridized carbons (Fsp3) is 0.125. The van der Waals surface area contributed by atoms with Gasteiger partial charge < -0.3 is 11.1 Å². The van der Waals surface area contributed by atoms with Crippen molar-refractivity contribution >= 4 is 11.5 Å². The zero-order chi connectivity index (χ0) is 8.10. The summed E-state index contributed by atoms with van der Waals surface area (Å²) in [6.45, 7) is 4.33. The largest absolute Gasteiger partial charge is 0.384 e. The summed E-state index contributed by atoms with van der Waals surface area (Å²) in [7, 11) is 0. The lowest BCUT2D eigenvalue weighted by molar-refractivity contribution is 1.28. The monoisotopic (exact) mass is 149 g/mol. The molecule has 1 heterocycles. The number of anilines is 2. The van der Waals surface area contributed by atoms with E-state index in [9.17, 15) is 0 Å². The van der Waals surface area contributed by atoms with Gasteiger partial charge in [0.25, 0.3) is 0 Å². The summed E-state index contributed by atoms with van der Waals surface area (Å²) in [5.41, 5.74) is 6.35. The summed E-state index contributed by atoms with van der Waals surface area (Å²) in [6.07, 6.45) is 3.48. The molecular weight excluding hydrogens is 138 g/mol. The van der Waals surface area contributed by atoms with Gasteiger partial charge in [-0.2, -0.15) is 0 Å². The molecule has 0 aliphatic carbocycles. The third-order valence-corrected chi connectivity index (χ3v) is 1.24. The van der Waals surface area contributed by atoms with Crippen LogP contribution in [0.3, 0.4) is 0 Å². The maximum Gasteiger partial charge on any atom is 0.123 e. The van der Waals surface area contributed by atoms with Crippen LogP contribution in [0.5, 0.6) is 0 Å². The molecule has 1 rings (SSSR count). The van der Waals surface area contributed by atoms with E-state index in [4.69, 9.17) is 5.73 Å². The summed E-state index contributed by atoms with van der Waals surface area (Å²) in [5.74, 6) is 0.536. The van der Waals surface area contributed by atoms with E-state index < -0.39 is 0 Å². The SMILES string of the molecule is C=CCNc1ccc(N)nc1. The number of nitrogens with two attached hydrogens (primary N) is 1. The summed E-state index contributed by atoms with van der Waals surface area (Å²) in [5, 5.41) is 3.09. The van der Waals surface area contributed by atoms with Crippen molar-refractivity contribution in [1.29, 1.82) is 0 Å². The Balaban J connectivity index is 2.58. The molecule has 0 saturated carbocycles. The molecule has 3 heteroatoms. The van der Waals surface area contributed by atoms with E-state index in [1.165, 1.54) is 0 Å². The van der Waals surface area contributed by atoms with Crippen molar-refractivity contribution in [2.75, 3.05) is 17.6 Å². The van der Waals surface area contributed by atoms with Gasteiger partial charge in [-0.25, -0.2) is 4.98 Å². The molecule has 0 atom stereocenters. The van der Waals surface area contributed by atoms with Crippen molar-refractivity contribution in [2.24, 2.45) is 0 Å². The third kappa shape index (κ3) is 2.29. The quantitative estimate of drug-likeness (QED) is 0.636. The first-order valence-electron chi connectivity index (χ1n) is 3.39. The molecule has 11 heavy (non-hydrogen) atoms. The van der Waals surface area contributed by atoms with Crippen molar-refractivity contribution < 1.29 is 0 Å². The van der Waals surface area contributed by atoms with Crippen LogP contribution in [-0.4, -0.2) is 11.5 Å². The first-order chi connectivity index (χ1) is 5.33. The lowest BCUT2D eigenvalue weighted by Gasteiger charge is -2.01. The Bertz CT molecular complexity index is 228. The lowest BCUT2D eigenvalue weighted by atomic mass is 10.4. The van der Waals surface area contributed by atoms with Gasteiger partial charge in [0.2, 0.25) is 0 Å². The summed E-state index contributed by atoms with van der Waals surface area (Å²) in [4.78, 5) is 3.91. The highest BCUT2D eigenvalue weighted by Gasteiger charge is 1.88. The number of nitrogen functional groups attached to an aromatic ring is 1. The first-order valence-corrected chi connectivity index (χ1v) is 3.39. The van der Waals surface area contributed by atoms with Crippen LogP contribution in [0, 0.1) is 0 Å². The second-order valence-corrected chi connectivity index (χ2v) is 2.14. The zero-order valence-electron chi connectivity index (χ0n) is 6.25. The maximum absolute atomic E-state index is 5.40. The van der Waals surface area contributed by atoms with Gasteiger partial charge in [-0.3, -0.25) is 0 Å². The number of hydrogen-bond donors (Lipinski definition) is 2. The Morgan fingerprint density at radius 2 is 2.45 bits per heavy atom. The van der Waals surface area contributed by atoms with Crippen LogP contribution >= 0.6 is 0 Å². The van der Waals surface area contributed by atoms with Gasteiger partial charge >= 0.3 is 0 Å². The smallest absolute Gasteiger partial charge is 0.123 e. The summed E-state index contributed by atoms with van der Waals surface area (Å²) < 4.78 is 0. The second kappa shape index (κ2) is 3.61. The molecule has 1 aromatic heterocycles. The van der Waals surface area contributed by atoms with Crippen molar-refractivity contribution in [2.45, 2.75) is 0 Å².